The molecule has 2 amide bonds. The number of rotatable bonds is 3. The number of carbonyl (C=O) groups excluding carboxylic acids is 2. The summed E-state index contributed by atoms with van der Waals surface area (Å²) in [7, 11) is 4.95. The van der Waals surface area contributed by atoms with Gasteiger partial charge in [-0.25, -0.2) is 0 Å². The van der Waals surface area contributed by atoms with E-state index in [-0.39, 0.29) is 29.0 Å². The molecule has 0 bridgehead atoms. The van der Waals surface area contributed by atoms with Gasteiger partial charge in [0.05, 0.1) is 17.2 Å². The SMILES string of the molecule is COc1c(Cl)ccc(Cl)c1C(=O)N1CCC(C(=O)N(C)C)CC1. The van der Waals surface area contributed by atoms with E-state index in [2.05, 4.69) is 0 Å². The number of amides is 2. The molecule has 5 nitrogen and oxygen atoms in total. The minimum atomic E-state index is -0.217. The van der Waals surface area contributed by atoms with E-state index in [1.807, 2.05) is 0 Å². The highest BCUT2D eigenvalue weighted by atomic mass is 35.5. The molecular weight excluding hydrogens is 339 g/mol. The van der Waals surface area contributed by atoms with Crippen LogP contribution < -0.4 is 4.74 Å². The summed E-state index contributed by atoms with van der Waals surface area (Å²) in [4.78, 5) is 28.1. The fourth-order valence-electron chi connectivity index (χ4n) is 2.78. The lowest BCUT2D eigenvalue weighted by Gasteiger charge is -2.33. The number of likely N-dealkylation sites (tertiary alicyclic amines) is 1. The lowest BCUT2D eigenvalue weighted by atomic mass is 9.95. The predicted molar refractivity (Wildman–Crippen MR) is 90.3 cm³/mol. The molecule has 0 N–H and O–H groups in total. The maximum absolute atomic E-state index is 12.8. The zero-order valence-corrected chi connectivity index (χ0v) is 14.9. The maximum Gasteiger partial charge on any atom is 0.259 e. The highest BCUT2D eigenvalue weighted by Gasteiger charge is 2.31. The van der Waals surface area contributed by atoms with Crippen molar-refractivity contribution in [2.24, 2.45) is 5.92 Å². The van der Waals surface area contributed by atoms with Crippen molar-refractivity contribution < 1.29 is 14.3 Å². The van der Waals surface area contributed by atoms with Gasteiger partial charge in [0, 0.05) is 33.1 Å². The van der Waals surface area contributed by atoms with Crippen LogP contribution in [0.2, 0.25) is 10.0 Å². The standard InChI is InChI=1S/C16H20Cl2N2O3/c1-19(2)15(21)10-6-8-20(9-7-10)16(22)13-11(17)4-5-12(18)14(13)23-3/h4-5,10H,6-9H2,1-3H3. The quantitative estimate of drug-likeness (QED) is 0.834. The Balaban J connectivity index is 2.15. The minimum absolute atomic E-state index is 0.0363. The van der Waals surface area contributed by atoms with Crippen LogP contribution in [0.4, 0.5) is 0 Å². The molecule has 2 rings (SSSR count). The van der Waals surface area contributed by atoms with Crippen molar-refractivity contribution >= 4 is 35.0 Å². The highest BCUT2D eigenvalue weighted by Crippen LogP contribution is 2.35. The van der Waals surface area contributed by atoms with E-state index in [1.165, 1.54) is 7.11 Å². The molecule has 23 heavy (non-hydrogen) atoms. The van der Waals surface area contributed by atoms with Crippen LogP contribution >= 0.6 is 23.2 Å². The number of ether oxygens (including phenoxy) is 1. The van der Waals surface area contributed by atoms with Gasteiger partial charge < -0.3 is 14.5 Å². The summed E-state index contributed by atoms with van der Waals surface area (Å²) in [6.45, 7) is 1.02. The van der Waals surface area contributed by atoms with Crippen LogP contribution in [0.25, 0.3) is 0 Å². The second kappa shape index (κ2) is 7.41. The third-order valence-corrected chi connectivity index (χ3v) is 4.66. The number of methoxy groups -OCH3 is 1. The molecule has 1 saturated heterocycles. The van der Waals surface area contributed by atoms with Crippen molar-refractivity contribution in [2.75, 3.05) is 34.3 Å². The molecule has 1 fully saturated rings. The van der Waals surface area contributed by atoms with Crippen LogP contribution in [-0.4, -0.2) is 55.9 Å². The molecule has 1 aliphatic rings. The molecule has 0 spiro atoms. The van der Waals surface area contributed by atoms with Crippen LogP contribution in [-0.2, 0) is 4.79 Å². The number of halogens is 2. The molecule has 0 atom stereocenters. The largest absolute Gasteiger partial charge is 0.494 e. The summed E-state index contributed by atoms with van der Waals surface area (Å²) in [5.74, 6) is 0.141. The Labute approximate surface area is 146 Å². The predicted octanol–water partition coefficient (Wildman–Crippen LogP) is 2.94. The number of hydrogen-bond donors (Lipinski definition) is 0. The molecule has 1 aromatic rings. The Kier molecular flexibility index (Phi) is 5.76. The number of piperidine rings is 1. The molecule has 1 aromatic carbocycles. The van der Waals surface area contributed by atoms with Crippen molar-refractivity contribution in [3.05, 3.63) is 27.7 Å². The fourth-order valence-corrected chi connectivity index (χ4v) is 3.25. The van der Waals surface area contributed by atoms with Crippen LogP contribution in [0.1, 0.15) is 23.2 Å². The van der Waals surface area contributed by atoms with Gasteiger partial charge >= 0.3 is 0 Å². The van der Waals surface area contributed by atoms with E-state index in [9.17, 15) is 9.59 Å². The second-order valence-electron chi connectivity index (χ2n) is 5.74. The Morgan fingerprint density at radius 3 is 2.26 bits per heavy atom. The summed E-state index contributed by atoms with van der Waals surface area (Å²) < 4.78 is 5.24. The average Bonchev–Trinajstić information content (AvgIpc) is 2.55. The summed E-state index contributed by atoms with van der Waals surface area (Å²) >= 11 is 12.2. The molecule has 0 saturated carbocycles. The molecule has 7 heteroatoms. The van der Waals surface area contributed by atoms with Crippen molar-refractivity contribution in [3.63, 3.8) is 0 Å². The van der Waals surface area contributed by atoms with Gasteiger partial charge in [-0.2, -0.15) is 0 Å². The first kappa shape index (κ1) is 17.9. The zero-order valence-electron chi connectivity index (χ0n) is 13.4. The van der Waals surface area contributed by atoms with Gasteiger partial charge in [0.1, 0.15) is 5.56 Å². The number of carbonyl (C=O) groups is 2. The van der Waals surface area contributed by atoms with E-state index < -0.39 is 0 Å². The average molecular weight is 359 g/mol. The number of benzene rings is 1. The molecule has 0 radical (unpaired) electrons. The summed E-state index contributed by atoms with van der Waals surface area (Å²) in [6.07, 6.45) is 1.28. The monoisotopic (exact) mass is 358 g/mol. The molecular formula is C16H20Cl2N2O3. The van der Waals surface area contributed by atoms with Crippen molar-refractivity contribution in [3.8, 4) is 5.75 Å². The van der Waals surface area contributed by atoms with Gasteiger partial charge in [-0.3, -0.25) is 9.59 Å². The molecule has 1 aliphatic heterocycles. The van der Waals surface area contributed by atoms with E-state index in [0.29, 0.717) is 36.0 Å². The highest BCUT2D eigenvalue weighted by molar-refractivity contribution is 6.37. The molecule has 0 unspecified atom stereocenters. The Morgan fingerprint density at radius 1 is 1.17 bits per heavy atom. The normalized spacial score (nSPS) is 15.4. The minimum Gasteiger partial charge on any atom is -0.494 e. The lowest BCUT2D eigenvalue weighted by Crippen LogP contribution is -2.42. The summed E-state index contributed by atoms with van der Waals surface area (Å²) in [5.41, 5.74) is 0.277. The Bertz CT molecular complexity index is 612. The molecule has 0 aliphatic carbocycles. The van der Waals surface area contributed by atoms with E-state index in [0.717, 1.165) is 0 Å². The zero-order chi connectivity index (χ0) is 17.1. The van der Waals surface area contributed by atoms with Gasteiger partial charge in [-0.15, -0.1) is 0 Å². The van der Waals surface area contributed by atoms with Gasteiger partial charge in [0.15, 0.2) is 5.75 Å². The summed E-state index contributed by atoms with van der Waals surface area (Å²) in [6, 6.07) is 3.18. The van der Waals surface area contributed by atoms with Crippen molar-refractivity contribution in [1.82, 2.24) is 9.80 Å². The molecule has 126 valence electrons. The lowest BCUT2D eigenvalue weighted by molar-refractivity contribution is -0.134. The first-order valence-electron chi connectivity index (χ1n) is 7.39. The second-order valence-corrected chi connectivity index (χ2v) is 6.55. The molecule has 0 aromatic heterocycles. The van der Waals surface area contributed by atoms with Crippen molar-refractivity contribution in [1.29, 1.82) is 0 Å². The Hall–Kier alpha value is -1.46. The summed E-state index contributed by atoms with van der Waals surface area (Å²) in [5, 5.41) is 0.653. The van der Waals surface area contributed by atoms with Crippen LogP contribution in [0, 0.1) is 5.92 Å². The number of hydrogen-bond acceptors (Lipinski definition) is 3. The van der Waals surface area contributed by atoms with Crippen molar-refractivity contribution in [2.45, 2.75) is 12.8 Å². The smallest absolute Gasteiger partial charge is 0.259 e. The third-order valence-electron chi connectivity index (χ3n) is 4.05. The van der Waals surface area contributed by atoms with E-state index >= 15 is 0 Å². The van der Waals surface area contributed by atoms with Crippen LogP contribution in [0.15, 0.2) is 12.1 Å². The van der Waals surface area contributed by atoms with Gasteiger partial charge in [-0.05, 0) is 25.0 Å². The van der Waals surface area contributed by atoms with Crippen LogP contribution in [0.3, 0.4) is 0 Å². The van der Waals surface area contributed by atoms with E-state index in [4.69, 9.17) is 27.9 Å². The van der Waals surface area contributed by atoms with Gasteiger partial charge in [-0.1, -0.05) is 23.2 Å². The van der Waals surface area contributed by atoms with E-state index in [1.54, 1.807) is 36.0 Å². The first-order chi connectivity index (χ1) is 10.9. The maximum atomic E-state index is 12.8. The third kappa shape index (κ3) is 3.72. The first-order valence-corrected chi connectivity index (χ1v) is 8.14. The van der Waals surface area contributed by atoms with Crippen LogP contribution in [0.5, 0.6) is 5.75 Å². The van der Waals surface area contributed by atoms with Gasteiger partial charge in [0.2, 0.25) is 5.91 Å². The topological polar surface area (TPSA) is 49.9 Å². The molecule has 1 heterocycles. The number of nitrogens with zero attached hydrogens (tertiary/aromatic N) is 2. The fraction of sp³-hybridized carbons (Fsp3) is 0.500. The Morgan fingerprint density at radius 2 is 1.74 bits per heavy atom. The van der Waals surface area contributed by atoms with Gasteiger partial charge in [0.25, 0.3) is 5.91 Å².